The van der Waals surface area contributed by atoms with Crippen LogP contribution in [0.1, 0.15) is 80.6 Å². The third-order valence-electron chi connectivity index (χ3n) is 8.03. The average molecular weight is 439 g/mol. The van der Waals surface area contributed by atoms with Gasteiger partial charge in [0.1, 0.15) is 0 Å². The summed E-state index contributed by atoms with van der Waals surface area (Å²) in [6, 6.07) is 0. The van der Waals surface area contributed by atoms with Crippen molar-refractivity contribution < 1.29 is 13.6 Å². The van der Waals surface area contributed by atoms with E-state index in [1.54, 1.807) is 0 Å². The first-order valence-corrected chi connectivity index (χ1v) is 17.4. The van der Waals surface area contributed by atoms with Crippen molar-refractivity contribution in [2.24, 2.45) is 5.92 Å². The third kappa shape index (κ3) is 5.16. The number of carbonyl (C=O) groups is 1. The fourth-order valence-electron chi connectivity index (χ4n) is 4.02. The lowest BCUT2D eigenvalue weighted by Gasteiger charge is -2.44. The largest absolute Gasteiger partial charge is 0.411 e. The molecule has 3 nitrogen and oxygen atoms in total. The zero-order chi connectivity index (χ0) is 22.4. The van der Waals surface area contributed by atoms with E-state index in [-0.39, 0.29) is 28.2 Å². The Hall–Kier alpha value is -0.236. The number of hydrogen-bond acceptors (Lipinski definition) is 3. The smallest absolute Gasteiger partial charge is 0.192 e. The number of hydrogen-bond donors (Lipinski definition) is 0. The predicted octanol–water partition coefficient (Wildman–Crippen LogP) is 7.25. The highest BCUT2D eigenvalue weighted by atomic mass is 28.4. The van der Waals surface area contributed by atoms with E-state index in [2.05, 4.69) is 74.7 Å². The Kier molecular flexibility index (Phi) is 7.22. The summed E-state index contributed by atoms with van der Waals surface area (Å²) in [5.74, 6) is 0.603. The van der Waals surface area contributed by atoms with Crippen LogP contribution in [0.2, 0.25) is 36.3 Å². The second kappa shape index (κ2) is 8.36. The lowest BCUT2D eigenvalue weighted by Crippen LogP contribution is -2.51. The minimum Gasteiger partial charge on any atom is -0.411 e. The molecule has 0 aromatic carbocycles. The monoisotopic (exact) mass is 438 g/mol. The molecule has 0 amide bonds. The van der Waals surface area contributed by atoms with Crippen LogP contribution < -0.4 is 0 Å². The number of unbranched alkanes of at least 4 members (excludes halogenated alkanes) is 1. The maximum Gasteiger partial charge on any atom is 0.192 e. The van der Waals surface area contributed by atoms with Crippen molar-refractivity contribution in [1.82, 2.24) is 0 Å². The van der Waals surface area contributed by atoms with E-state index < -0.39 is 16.6 Å². The van der Waals surface area contributed by atoms with Gasteiger partial charge in [-0.1, -0.05) is 60.5 Å². The molecule has 0 saturated heterocycles. The summed E-state index contributed by atoms with van der Waals surface area (Å²) in [5.41, 5.74) is 2.48. The van der Waals surface area contributed by atoms with Gasteiger partial charge in [-0.25, -0.2) is 0 Å². The Labute approximate surface area is 182 Å². The Bertz CT molecular complexity index is 650. The first-order valence-electron chi connectivity index (χ1n) is 11.6. The molecule has 3 atom stereocenters. The lowest BCUT2D eigenvalue weighted by molar-refractivity contribution is -0.116. The van der Waals surface area contributed by atoms with Crippen LogP contribution in [0.3, 0.4) is 0 Å². The average Bonchev–Trinajstić information content (AvgIpc) is 2.98. The minimum absolute atomic E-state index is 0.0306. The number of ketones is 1. The maximum absolute atomic E-state index is 12.8. The van der Waals surface area contributed by atoms with Crippen LogP contribution in [0.25, 0.3) is 0 Å². The van der Waals surface area contributed by atoms with Crippen LogP contribution in [0.15, 0.2) is 11.1 Å². The summed E-state index contributed by atoms with van der Waals surface area (Å²) < 4.78 is 13.9. The molecule has 5 heteroatoms. The molecule has 2 aliphatic carbocycles. The van der Waals surface area contributed by atoms with E-state index in [4.69, 9.17) is 8.85 Å². The summed E-state index contributed by atoms with van der Waals surface area (Å²) in [6.45, 7) is 25.3. The molecule has 0 spiro atoms. The van der Waals surface area contributed by atoms with Gasteiger partial charge in [0.05, 0.1) is 12.2 Å². The maximum atomic E-state index is 12.8. The minimum atomic E-state index is -1.96. The van der Waals surface area contributed by atoms with Crippen LogP contribution in [-0.4, -0.2) is 34.6 Å². The van der Waals surface area contributed by atoms with Crippen molar-refractivity contribution in [1.29, 1.82) is 0 Å². The summed E-state index contributed by atoms with van der Waals surface area (Å²) in [5, 5.41) is 0.316. The first-order chi connectivity index (χ1) is 13.0. The Balaban J connectivity index is 2.40. The van der Waals surface area contributed by atoms with Gasteiger partial charge >= 0.3 is 0 Å². The molecule has 2 aliphatic rings. The van der Waals surface area contributed by atoms with E-state index in [1.807, 2.05) is 0 Å². The summed E-state index contributed by atoms with van der Waals surface area (Å²) in [6.07, 6.45) is 4.80. The van der Waals surface area contributed by atoms with Crippen LogP contribution in [0.5, 0.6) is 0 Å². The van der Waals surface area contributed by atoms with Gasteiger partial charge < -0.3 is 8.85 Å². The van der Waals surface area contributed by atoms with Crippen molar-refractivity contribution in [3.63, 3.8) is 0 Å². The van der Waals surface area contributed by atoms with Crippen LogP contribution in [0, 0.1) is 5.92 Å². The molecular formula is C24H46O3Si2. The van der Waals surface area contributed by atoms with E-state index >= 15 is 0 Å². The molecular weight excluding hydrogens is 392 g/mol. The van der Waals surface area contributed by atoms with Crippen molar-refractivity contribution in [3.05, 3.63) is 11.1 Å². The molecule has 0 heterocycles. The fraction of sp³-hybridized carbons (Fsp3) is 0.875. The standard InChI is InChI=1S/C24H46O3Si2/c1-12-13-14-17-18-16-21(26-28(8,9)23(2,3)4)22(19(18)15-20(17)25)27-29(10,11)24(5,6)7/h19,21-22H,12-16H2,1-11H3/t19-,21-,22-/m0/s1. The second-order valence-electron chi connectivity index (χ2n) is 12.3. The van der Waals surface area contributed by atoms with Gasteiger partial charge in [0.15, 0.2) is 22.4 Å². The Morgan fingerprint density at radius 1 is 0.897 bits per heavy atom. The zero-order valence-corrected chi connectivity index (χ0v) is 23.0. The number of Topliss-reactive ketones (excluding diaryl/α,β-unsaturated/α-hetero) is 1. The van der Waals surface area contributed by atoms with Gasteiger partial charge in [-0.2, -0.15) is 0 Å². The van der Waals surface area contributed by atoms with Crippen molar-refractivity contribution in [2.45, 2.75) is 129 Å². The number of rotatable bonds is 7. The predicted molar refractivity (Wildman–Crippen MR) is 128 cm³/mol. The molecule has 2 rings (SSSR count). The molecule has 0 radical (unpaired) electrons. The zero-order valence-electron chi connectivity index (χ0n) is 21.0. The number of allylic oxidation sites excluding steroid dienone is 1. The molecule has 0 bridgehead atoms. The fourth-order valence-corrected chi connectivity index (χ4v) is 6.70. The number of carbonyl (C=O) groups excluding carboxylic acids is 1. The van der Waals surface area contributed by atoms with Crippen LogP contribution >= 0.6 is 0 Å². The molecule has 0 aromatic rings. The van der Waals surface area contributed by atoms with Crippen molar-refractivity contribution >= 4 is 22.4 Å². The van der Waals surface area contributed by atoms with Gasteiger partial charge in [0.2, 0.25) is 0 Å². The number of fused-ring (bicyclic) bond motifs is 1. The molecule has 29 heavy (non-hydrogen) atoms. The molecule has 1 fully saturated rings. The van der Waals surface area contributed by atoms with Gasteiger partial charge in [-0.15, -0.1) is 0 Å². The van der Waals surface area contributed by atoms with Gasteiger partial charge in [0, 0.05) is 12.3 Å². The first kappa shape index (κ1) is 25.0. The third-order valence-corrected chi connectivity index (χ3v) is 17.0. The molecule has 0 aromatic heterocycles. The summed E-state index contributed by atoms with van der Waals surface area (Å²) >= 11 is 0. The van der Waals surface area contributed by atoms with Gasteiger partial charge in [-0.3, -0.25) is 4.79 Å². The van der Waals surface area contributed by atoms with E-state index in [0.29, 0.717) is 12.2 Å². The van der Waals surface area contributed by atoms with Gasteiger partial charge in [-0.05, 0) is 61.1 Å². The molecule has 168 valence electrons. The quantitative estimate of drug-likeness (QED) is 0.393. The molecule has 0 N–H and O–H groups in total. The summed E-state index contributed by atoms with van der Waals surface area (Å²) in [4.78, 5) is 12.8. The lowest BCUT2D eigenvalue weighted by atomic mass is 10.0. The van der Waals surface area contributed by atoms with E-state index in [9.17, 15) is 4.79 Å². The SMILES string of the molecule is CCCCC1=C2C[C@H](O[Si](C)(C)C(C)(C)C)[C@@H](O[Si](C)(C)C(C)(C)C)[C@H]2CC1=O. The topological polar surface area (TPSA) is 35.5 Å². The highest BCUT2D eigenvalue weighted by molar-refractivity contribution is 6.74. The van der Waals surface area contributed by atoms with E-state index in [0.717, 1.165) is 31.3 Å². The van der Waals surface area contributed by atoms with E-state index in [1.165, 1.54) is 5.57 Å². The molecule has 0 unspecified atom stereocenters. The molecule has 1 saturated carbocycles. The normalized spacial score (nSPS) is 26.4. The highest BCUT2D eigenvalue weighted by Gasteiger charge is 2.53. The molecule has 0 aliphatic heterocycles. The highest BCUT2D eigenvalue weighted by Crippen LogP contribution is 2.50. The Morgan fingerprint density at radius 3 is 1.90 bits per heavy atom. The summed E-state index contributed by atoms with van der Waals surface area (Å²) in [7, 11) is -3.88. The van der Waals surface area contributed by atoms with Crippen molar-refractivity contribution in [2.75, 3.05) is 0 Å². The van der Waals surface area contributed by atoms with Crippen LogP contribution in [0.4, 0.5) is 0 Å². The second-order valence-corrected chi connectivity index (χ2v) is 21.8. The van der Waals surface area contributed by atoms with Gasteiger partial charge in [0.25, 0.3) is 0 Å². The van der Waals surface area contributed by atoms with Crippen molar-refractivity contribution in [3.8, 4) is 0 Å². The Morgan fingerprint density at radius 2 is 1.41 bits per heavy atom. The van der Waals surface area contributed by atoms with Crippen LogP contribution in [-0.2, 0) is 13.6 Å².